The van der Waals surface area contributed by atoms with Gasteiger partial charge in [-0.1, -0.05) is 22.9 Å². The van der Waals surface area contributed by atoms with Crippen LogP contribution in [0.4, 0.5) is 0 Å². The highest BCUT2D eigenvalue weighted by molar-refractivity contribution is 9.09. The third-order valence-corrected chi connectivity index (χ3v) is 1.43. The molecule has 2 atom stereocenters. The second-order valence-corrected chi connectivity index (χ2v) is 2.86. The Hall–Kier alpha value is 0.440. The smallest absolute Gasteiger partial charge is 0.0634 e. The lowest BCUT2D eigenvalue weighted by atomic mass is 10.3. The highest BCUT2D eigenvalue weighted by atomic mass is 79.9. The van der Waals surface area contributed by atoms with Crippen LogP contribution in [0.25, 0.3) is 0 Å². The van der Waals surface area contributed by atoms with Crippen LogP contribution >= 0.6 is 15.9 Å². The molecule has 0 amide bonds. The van der Waals surface area contributed by atoms with Crippen molar-refractivity contribution in [1.82, 2.24) is 0 Å². The van der Waals surface area contributed by atoms with E-state index in [9.17, 15) is 0 Å². The normalized spacial score (nSPS) is 20.0. The second kappa shape index (κ2) is 2.59. The molecule has 38 valence electrons. The van der Waals surface area contributed by atoms with E-state index < -0.39 is 0 Å². The number of hydrogen-bond acceptors (Lipinski definition) is 1. The SMILES string of the molecule is C[C@H](Br)[C@@H](C)O. The lowest BCUT2D eigenvalue weighted by Crippen LogP contribution is -2.10. The lowest BCUT2D eigenvalue weighted by molar-refractivity contribution is 0.198. The fraction of sp³-hybridized carbons (Fsp3) is 1.00. The van der Waals surface area contributed by atoms with Crippen molar-refractivity contribution < 1.29 is 5.11 Å². The maximum absolute atomic E-state index is 8.58. The Bertz CT molecular complexity index is 28.5. The summed E-state index contributed by atoms with van der Waals surface area (Å²) < 4.78 is 0. The molecule has 0 aromatic rings. The van der Waals surface area contributed by atoms with E-state index in [2.05, 4.69) is 15.9 Å². The van der Waals surface area contributed by atoms with Gasteiger partial charge in [0.05, 0.1) is 6.10 Å². The Morgan fingerprint density at radius 3 is 1.67 bits per heavy atom. The molecule has 0 bridgehead atoms. The van der Waals surface area contributed by atoms with E-state index >= 15 is 0 Å². The number of aliphatic hydroxyl groups excluding tert-OH is 1. The summed E-state index contributed by atoms with van der Waals surface area (Å²) in [5.41, 5.74) is 0. The minimum absolute atomic E-state index is 0.220. The average Bonchev–Trinajstić information content (AvgIpc) is 1.36. The van der Waals surface area contributed by atoms with Crippen molar-refractivity contribution >= 4 is 15.9 Å². The molecule has 6 heavy (non-hydrogen) atoms. The van der Waals surface area contributed by atoms with E-state index in [1.807, 2.05) is 6.92 Å². The Kier molecular flexibility index (Phi) is 2.78. The van der Waals surface area contributed by atoms with Crippen LogP contribution in [0.5, 0.6) is 0 Å². The molecule has 0 saturated carbocycles. The Labute approximate surface area is 46.5 Å². The van der Waals surface area contributed by atoms with E-state index in [-0.39, 0.29) is 10.9 Å². The fourth-order valence-electron chi connectivity index (χ4n) is 0. The van der Waals surface area contributed by atoms with Gasteiger partial charge in [0.15, 0.2) is 0 Å². The Balaban J connectivity index is 2.99. The number of hydrogen-bond donors (Lipinski definition) is 1. The summed E-state index contributed by atoms with van der Waals surface area (Å²) in [6.45, 7) is 3.66. The van der Waals surface area contributed by atoms with Gasteiger partial charge in [0.1, 0.15) is 0 Å². The quantitative estimate of drug-likeness (QED) is 0.560. The van der Waals surface area contributed by atoms with Crippen molar-refractivity contribution in [2.24, 2.45) is 0 Å². The van der Waals surface area contributed by atoms with Gasteiger partial charge in [0, 0.05) is 4.83 Å². The molecule has 0 aromatic heterocycles. The van der Waals surface area contributed by atoms with Crippen LogP contribution in [0.3, 0.4) is 0 Å². The van der Waals surface area contributed by atoms with E-state index in [1.54, 1.807) is 6.92 Å². The Morgan fingerprint density at radius 2 is 1.67 bits per heavy atom. The van der Waals surface area contributed by atoms with Crippen LogP contribution in [-0.2, 0) is 0 Å². The number of halogens is 1. The van der Waals surface area contributed by atoms with Crippen molar-refractivity contribution in [3.05, 3.63) is 0 Å². The molecule has 0 rings (SSSR count). The first-order chi connectivity index (χ1) is 2.64. The minimum Gasteiger partial charge on any atom is -0.392 e. The zero-order chi connectivity index (χ0) is 5.15. The minimum atomic E-state index is -0.231. The van der Waals surface area contributed by atoms with Gasteiger partial charge in [-0.15, -0.1) is 0 Å². The second-order valence-electron chi connectivity index (χ2n) is 1.42. The molecule has 1 nitrogen and oxygen atoms in total. The summed E-state index contributed by atoms with van der Waals surface area (Å²) in [5, 5.41) is 8.58. The van der Waals surface area contributed by atoms with Gasteiger partial charge < -0.3 is 5.11 Å². The predicted molar refractivity (Wildman–Crippen MR) is 30.1 cm³/mol. The van der Waals surface area contributed by atoms with Crippen LogP contribution in [0.15, 0.2) is 0 Å². The molecule has 0 unspecified atom stereocenters. The lowest BCUT2D eigenvalue weighted by Gasteiger charge is -2.02. The van der Waals surface area contributed by atoms with E-state index in [4.69, 9.17) is 5.11 Å². The standard InChI is InChI=1S/C4H9BrO/c1-3(5)4(2)6/h3-4,6H,1-2H3/t3-,4+/m0/s1. The molecule has 1 N–H and O–H groups in total. The zero-order valence-electron chi connectivity index (χ0n) is 3.98. The van der Waals surface area contributed by atoms with Gasteiger partial charge in [-0.25, -0.2) is 0 Å². The largest absolute Gasteiger partial charge is 0.392 e. The fourth-order valence-corrected chi connectivity index (χ4v) is 0. The molecule has 0 aliphatic carbocycles. The maximum atomic E-state index is 8.58. The van der Waals surface area contributed by atoms with Crippen molar-refractivity contribution in [2.45, 2.75) is 24.8 Å². The molecule has 0 aromatic carbocycles. The molecular formula is C4H9BrO. The van der Waals surface area contributed by atoms with Crippen LogP contribution in [0.1, 0.15) is 13.8 Å². The highest BCUT2D eigenvalue weighted by Crippen LogP contribution is 2.01. The van der Waals surface area contributed by atoms with Crippen molar-refractivity contribution in [2.75, 3.05) is 0 Å². The van der Waals surface area contributed by atoms with Crippen molar-refractivity contribution in [3.63, 3.8) is 0 Å². The molecule has 0 saturated heterocycles. The summed E-state index contributed by atoms with van der Waals surface area (Å²) in [5.74, 6) is 0. The van der Waals surface area contributed by atoms with Gasteiger partial charge in [-0.3, -0.25) is 0 Å². The molecule has 2 heteroatoms. The van der Waals surface area contributed by atoms with E-state index in [0.29, 0.717) is 0 Å². The first kappa shape index (κ1) is 6.44. The molecular weight excluding hydrogens is 144 g/mol. The van der Waals surface area contributed by atoms with Gasteiger partial charge >= 0.3 is 0 Å². The average molecular weight is 153 g/mol. The van der Waals surface area contributed by atoms with Gasteiger partial charge in [0.25, 0.3) is 0 Å². The van der Waals surface area contributed by atoms with Gasteiger partial charge in [-0.2, -0.15) is 0 Å². The summed E-state index contributed by atoms with van der Waals surface area (Å²) in [7, 11) is 0. The van der Waals surface area contributed by atoms with Crippen molar-refractivity contribution in [3.8, 4) is 0 Å². The summed E-state index contributed by atoms with van der Waals surface area (Å²) in [6, 6.07) is 0. The van der Waals surface area contributed by atoms with Crippen LogP contribution in [0.2, 0.25) is 0 Å². The van der Waals surface area contributed by atoms with E-state index in [1.165, 1.54) is 0 Å². The summed E-state index contributed by atoms with van der Waals surface area (Å²) >= 11 is 3.19. The van der Waals surface area contributed by atoms with Crippen LogP contribution in [0, 0.1) is 0 Å². The number of alkyl halides is 1. The first-order valence-corrected chi connectivity index (χ1v) is 2.88. The predicted octanol–water partition coefficient (Wildman–Crippen LogP) is 1.15. The third-order valence-electron chi connectivity index (χ3n) is 0.665. The molecule has 0 spiro atoms. The highest BCUT2D eigenvalue weighted by Gasteiger charge is 1.99. The molecule has 0 fully saturated rings. The van der Waals surface area contributed by atoms with Crippen LogP contribution < -0.4 is 0 Å². The van der Waals surface area contributed by atoms with E-state index in [0.717, 1.165) is 0 Å². The summed E-state index contributed by atoms with van der Waals surface area (Å²) in [4.78, 5) is 0.220. The zero-order valence-corrected chi connectivity index (χ0v) is 5.57. The van der Waals surface area contributed by atoms with Gasteiger partial charge in [-0.05, 0) is 6.92 Å². The first-order valence-electron chi connectivity index (χ1n) is 1.96. The topological polar surface area (TPSA) is 20.2 Å². The number of rotatable bonds is 1. The third kappa shape index (κ3) is 2.67. The van der Waals surface area contributed by atoms with Crippen LogP contribution in [-0.4, -0.2) is 16.0 Å². The maximum Gasteiger partial charge on any atom is 0.0634 e. The van der Waals surface area contributed by atoms with Crippen molar-refractivity contribution in [1.29, 1.82) is 0 Å². The summed E-state index contributed by atoms with van der Waals surface area (Å²) in [6.07, 6.45) is -0.231. The molecule has 0 heterocycles. The van der Waals surface area contributed by atoms with Gasteiger partial charge in [0.2, 0.25) is 0 Å². The molecule has 0 radical (unpaired) electrons. The monoisotopic (exact) mass is 152 g/mol. The number of aliphatic hydroxyl groups is 1. The molecule has 0 aliphatic rings. The molecule has 0 aliphatic heterocycles. The Morgan fingerprint density at radius 1 is 1.50 bits per heavy atom.